The van der Waals surface area contributed by atoms with Gasteiger partial charge in [0, 0.05) is 39.2 Å². The van der Waals surface area contributed by atoms with Gasteiger partial charge in [0.1, 0.15) is 22.7 Å². The normalized spacial score (nSPS) is 12.5. The maximum Gasteiger partial charge on any atom is 0.149 e. The highest BCUT2D eigenvalue weighted by Gasteiger charge is 2.30. The third kappa shape index (κ3) is 7.76. The van der Waals surface area contributed by atoms with Gasteiger partial charge in [-0.25, -0.2) is 4.98 Å². The number of hydrogen-bond donors (Lipinski definition) is 1. The molecule has 0 unspecified atom stereocenters. The van der Waals surface area contributed by atoms with Crippen LogP contribution in [-0.4, -0.2) is 19.6 Å². The number of para-hydroxylation sites is 1. The van der Waals surface area contributed by atoms with E-state index in [0.29, 0.717) is 11.4 Å². The van der Waals surface area contributed by atoms with Crippen LogP contribution in [0.3, 0.4) is 0 Å². The molecule has 340 valence electrons. The first-order valence-electron chi connectivity index (χ1n) is 24.0. The number of rotatable bonds is 6. The second-order valence-electron chi connectivity index (χ2n) is 21.7. The number of hydrogen-bond acceptors (Lipinski definition) is 4. The monoisotopic (exact) mass is 899 g/mol. The van der Waals surface area contributed by atoms with Crippen molar-refractivity contribution in [1.29, 1.82) is 0 Å². The van der Waals surface area contributed by atoms with Crippen LogP contribution in [-0.2, 0) is 16.2 Å². The van der Waals surface area contributed by atoms with E-state index in [4.69, 9.17) is 14.4 Å². The minimum Gasteiger partial charge on any atom is -0.507 e. The molecule has 1 N–H and O–H groups in total. The average molecular weight is 900 g/mol. The Hall–Kier alpha value is -7.76. The van der Waals surface area contributed by atoms with E-state index >= 15 is 0 Å². The largest absolute Gasteiger partial charge is 0.507 e. The van der Waals surface area contributed by atoms with Crippen molar-refractivity contribution in [3.63, 3.8) is 0 Å². The highest BCUT2D eigenvalue weighted by atomic mass is 16.3. The quantitative estimate of drug-likeness (QED) is 0.181. The number of benzene rings is 8. The first-order chi connectivity index (χ1) is 33.0. The van der Waals surface area contributed by atoms with Crippen LogP contribution < -0.4 is 0 Å². The molecule has 8 aromatic carbocycles. The SMILES string of the molecule is CC(C)(C)c1ccc(-n2c(-c3cc(C(C)(C)C)cc(C(C)(C)C)c3O)nc3c(-c4cc(-c5cc(-c6ccccc6)ccn5)c5oc6cc7ccccc7cc6c5c4)cccc32)c(-c2ccccc2)c1. The maximum absolute atomic E-state index is 12.7. The van der Waals surface area contributed by atoms with E-state index in [0.717, 1.165) is 105 Å². The molecule has 11 rings (SSSR count). The molecule has 5 nitrogen and oxygen atoms in total. The fourth-order valence-corrected chi connectivity index (χ4v) is 9.91. The Morgan fingerprint density at radius 1 is 0.478 bits per heavy atom. The topological polar surface area (TPSA) is 64.1 Å². The molecule has 0 radical (unpaired) electrons. The summed E-state index contributed by atoms with van der Waals surface area (Å²) in [5.74, 6) is 0.914. The van der Waals surface area contributed by atoms with E-state index in [1.165, 1.54) is 5.56 Å². The minimum absolute atomic E-state index is 0.0919. The van der Waals surface area contributed by atoms with E-state index in [-0.39, 0.29) is 22.0 Å². The summed E-state index contributed by atoms with van der Waals surface area (Å²) in [6.07, 6.45) is 1.89. The van der Waals surface area contributed by atoms with E-state index in [1.807, 2.05) is 12.3 Å². The van der Waals surface area contributed by atoms with Crippen molar-refractivity contribution < 1.29 is 9.52 Å². The minimum atomic E-state index is -0.345. The van der Waals surface area contributed by atoms with Crippen molar-refractivity contribution in [2.75, 3.05) is 0 Å². The predicted molar refractivity (Wildman–Crippen MR) is 289 cm³/mol. The molecule has 3 heterocycles. The summed E-state index contributed by atoms with van der Waals surface area (Å²) in [6.45, 7) is 20.0. The number of aromatic hydroxyl groups is 1. The number of aromatic nitrogens is 3. The molecule has 0 bridgehead atoms. The molecule has 0 saturated carbocycles. The highest BCUT2D eigenvalue weighted by molar-refractivity contribution is 6.15. The van der Waals surface area contributed by atoms with Gasteiger partial charge in [0.15, 0.2) is 0 Å². The lowest BCUT2D eigenvalue weighted by atomic mass is 9.79. The molecule has 0 saturated heterocycles. The maximum atomic E-state index is 12.7. The molecule has 5 heteroatoms. The summed E-state index contributed by atoms with van der Waals surface area (Å²) in [5.41, 5.74) is 15.7. The predicted octanol–water partition coefficient (Wildman–Crippen LogP) is 17.4. The number of nitrogens with zero attached hydrogens (tertiary/aromatic N) is 3. The Morgan fingerprint density at radius 2 is 1.14 bits per heavy atom. The number of phenolic OH excluding ortho intramolecular Hbond substituents is 1. The molecular weight excluding hydrogens is 843 g/mol. The fraction of sp³-hybridized carbons (Fsp3) is 0.188. The molecule has 69 heavy (non-hydrogen) atoms. The van der Waals surface area contributed by atoms with Crippen LogP contribution in [0.1, 0.15) is 79.0 Å². The molecule has 3 aromatic heterocycles. The van der Waals surface area contributed by atoms with Crippen LogP contribution >= 0.6 is 0 Å². The van der Waals surface area contributed by atoms with Gasteiger partial charge in [0.05, 0.1) is 28.0 Å². The zero-order valence-corrected chi connectivity index (χ0v) is 40.9. The van der Waals surface area contributed by atoms with Crippen LogP contribution in [0, 0.1) is 0 Å². The fourth-order valence-electron chi connectivity index (χ4n) is 9.91. The van der Waals surface area contributed by atoms with Gasteiger partial charge < -0.3 is 9.52 Å². The van der Waals surface area contributed by atoms with Crippen molar-refractivity contribution in [2.24, 2.45) is 0 Å². The molecule has 0 amide bonds. The number of phenols is 1. The van der Waals surface area contributed by atoms with E-state index < -0.39 is 0 Å². The Kier molecular flexibility index (Phi) is 10.3. The van der Waals surface area contributed by atoms with Crippen LogP contribution in [0.15, 0.2) is 180 Å². The summed E-state index contributed by atoms with van der Waals surface area (Å²) in [5, 5.41) is 17.0. The van der Waals surface area contributed by atoms with Gasteiger partial charge in [-0.3, -0.25) is 9.55 Å². The van der Waals surface area contributed by atoms with Crippen LogP contribution in [0.25, 0.3) is 105 Å². The summed E-state index contributed by atoms with van der Waals surface area (Å²) in [7, 11) is 0. The van der Waals surface area contributed by atoms with Crippen LogP contribution in [0.4, 0.5) is 0 Å². The summed E-state index contributed by atoms with van der Waals surface area (Å²) < 4.78 is 9.18. The van der Waals surface area contributed by atoms with Gasteiger partial charge in [-0.2, -0.15) is 0 Å². The van der Waals surface area contributed by atoms with E-state index in [9.17, 15) is 5.11 Å². The molecule has 0 atom stereocenters. The van der Waals surface area contributed by atoms with Gasteiger partial charge in [-0.1, -0.05) is 172 Å². The van der Waals surface area contributed by atoms with E-state index in [2.05, 4.69) is 231 Å². The lowest BCUT2D eigenvalue weighted by Gasteiger charge is -2.28. The van der Waals surface area contributed by atoms with Crippen molar-refractivity contribution in [2.45, 2.75) is 78.6 Å². The van der Waals surface area contributed by atoms with Gasteiger partial charge in [0.25, 0.3) is 0 Å². The first-order valence-corrected chi connectivity index (χ1v) is 24.0. The Bertz CT molecular complexity index is 3780. The van der Waals surface area contributed by atoms with Crippen LogP contribution in [0.2, 0.25) is 0 Å². The molecular formula is C64H57N3O2. The number of furan rings is 1. The number of pyridine rings is 1. The van der Waals surface area contributed by atoms with E-state index in [1.54, 1.807) is 0 Å². The molecule has 11 aromatic rings. The number of fused-ring (bicyclic) bond motifs is 5. The lowest BCUT2D eigenvalue weighted by molar-refractivity contribution is 0.446. The Labute approximate surface area is 404 Å². The molecule has 0 fully saturated rings. The molecule has 0 spiro atoms. The smallest absolute Gasteiger partial charge is 0.149 e. The second kappa shape index (κ2) is 16.2. The summed E-state index contributed by atoms with van der Waals surface area (Å²) in [4.78, 5) is 10.8. The molecule has 0 aliphatic heterocycles. The lowest BCUT2D eigenvalue weighted by Crippen LogP contribution is -2.17. The van der Waals surface area contributed by atoms with Crippen molar-refractivity contribution in [1.82, 2.24) is 14.5 Å². The standard InChI is InChI=1S/C64H57N3O2/c1-62(2,3)45-27-28-55(48(36-45)40-21-14-11-15-22-40)67-56-26-18-25-47(58(56)66-61(67)52-37-46(63(4,5)6)38-53(59(52)68)64(7,8)9)44-32-50-49-31-41-23-16-17-24-42(41)35-57(49)69-60(50)51(33-44)54-34-43(29-30-65-54)39-19-12-10-13-20-39/h10-38,68H,1-9H3. The molecule has 0 aliphatic rings. The summed E-state index contributed by atoms with van der Waals surface area (Å²) >= 11 is 0. The van der Waals surface area contributed by atoms with Gasteiger partial charge in [-0.05, 0) is 121 Å². The van der Waals surface area contributed by atoms with Gasteiger partial charge >= 0.3 is 0 Å². The highest BCUT2D eigenvalue weighted by Crippen LogP contribution is 2.47. The third-order valence-electron chi connectivity index (χ3n) is 13.8. The Morgan fingerprint density at radius 3 is 1.84 bits per heavy atom. The van der Waals surface area contributed by atoms with Crippen molar-refractivity contribution in [3.05, 3.63) is 193 Å². The number of imidazole rings is 1. The van der Waals surface area contributed by atoms with Gasteiger partial charge in [0.2, 0.25) is 0 Å². The zero-order valence-electron chi connectivity index (χ0n) is 40.9. The van der Waals surface area contributed by atoms with Crippen molar-refractivity contribution >= 4 is 43.7 Å². The van der Waals surface area contributed by atoms with Crippen molar-refractivity contribution in [3.8, 4) is 67.5 Å². The van der Waals surface area contributed by atoms with Crippen LogP contribution in [0.5, 0.6) is 5.75 Å². The average Bonchev–Trinajstić information content (AvgIpc) is 3.90. The molecule has 0 aliphatic carbocycles. The second-order valence-corrected chi connectivity index (χ2v) is 21.7. The van der Waals surface area contributed by atoms with Gasteiger partial charge in [-0.15, -0.1) is 0 Å². The zero-order chi connectivity index (χ0) is 48.0. The first kappa shape index (κ1) is 43.8. The Balaban J connectivity index is 1.25. The third-order valence-corrected chi connectivity index (χ3v) is 13.8. The summed E-state index contributed by atoms with van der Waals surface area (Å²) in [6, 6.07) is 60.2.